The van der Waals surface area contributed by atoms with Gasteiger partial charge >= 0.3 is 0 Å². The normalized spacial score (nSPS) is 12.6. The van der Waals surface area contributed by atoms with Gasteiger partial charge in [-0.1, -0.05) is 42.4 Å². The fraction of sp³-hybridized carbons (Fsp3) is 0.400. The molecule has 0 saturated carbocycles. The van der Waals surface area contributed by atoms with Gasteiger partial charge in [-0.25, -0.2) is 0 Å². The number of rotatable bonds is 12. The first-order valence-corrected chi connectivity index (χ1v) is 11.2. The largest absolute Gasteiger partial charge is 0.362 e. The molecule has 0 aliphatic carbocycles. The molecule has 0 spiro atoms. The third-order valence-corrected chi connectivity index (χ3v) is 5.59. The lowest BCUT2D eigenvalue weighted by atomic mass is 10.1. The second-order valence-electron chi connectivity index (χ2n) is 8.02. The maximum atomic E-state index is 11.8. The van der Waals surface area contributed by atoms with Crippen molar-refractivity contribution in [3.63, 3.8) is 0 Å². The average Bonchev–Trinajstić information content (AvgIpc) is 3.40. The number of carbonyl (C=O) groups is 1. The Morgan fingerprint density at radius 2 is 2.06 bits per heavy atom. The number of hydrogen-bond acceptors (Lipinski definition) is 6. The van der Waals surface area contributed by atoms with Gasteiger partial charge < -0.3 is 19.5 Å². The van der Waals surface area contributed by atoms with Crippen molar-refractivity contribution in [1.82, 2.24) is 20.3 Å². The van der Waals surface area contributed by atoms with Crippen LogP contribution in [-0.4, -0.2) is 34.3 Å². The Labute approximate surface area is 190 Å². The molecule has 7 nitrogen and oxygen atoms in total. The molecule has 0 bridgehead atoms. The third-order valence-electron chi connectivity index (χ3n) is 5.59. The fourth-order valence-corrected chi connectivity index (χ4v) is 3.66. The molecular formula is C25H33N5O2. The van der Waals surface area contributed by atoms with Crippen LogP contribution in [0.15, 0.2) is 59.1 Å². The molecule has 1 unspecified atom stereocenters. The van der Waals surface area contributed by atoms with Crippen molar-refractivity contribution in [1.29, 1.82) is 0 Å². The average molecular weight is 436 g/mol. The van der Waals surface area contributed by atoms with Crippen LogP contribution in [-0.2, 0) is 17.8 Å². The number of benzene rings is 1. The van der Waals surface area contributed by atoms with Crippen LogP contribution in [0.3, 0.4) is 0 Å². The van der Waals surface area contributed by atoms with Crippen LogP contribution in [0.1, 0.15) is 48.8 Å². The molecule has 0 amide bonds. The Balaban J connectivity index is 1.62. The van der Waals surface area contributed by atoms with Crippen LogP contribution in [0, 0.1) is 13.8 Å². The smallest absolute Gasteiger partial charge is 0.142 e. The molecule has 170 valence electrons. The zero-order chi connectivity index (χ0) is 22.9. The summed E-state index contributed by atoms with van der Waals surface area (Å²) in [5.74, 6) is 1.71. The summed E-state index contributed by atoms with van der Waals surface area (Å²) in [7, 11) is 1.98. The summed E-state index contributed by atoms with van der Waals surface area (Å²) in [5, 5.41) is 11.9. The maximum Gasteiger partial charge on any atom is 0.142 e. The van der Waals surface area contributed by atoms with E-state index in [1.54, 1.807) is 0 Å². The van der Waals surface area contributed by atoms with Gasteiger partial charge in [0.15, 0.2) is 0 Å². The van der Waals surface area contributed by atoms with E-state index in [1.165, 1.54) is 5.56 Å². The first-order chi connectivity index (χ1) is 15.5. The lowest BCUT2D eigenvalue weighted by Gasteiger charge is -2.25. The van der Waals surface area contributed by atoms with Crippen LogP contribution in [0.25, 0.3) is 0 Å². The SMILES string of the molecule is CC/C=C(/NC(C=O)CCCc1ccccc1)N(C)c1cnn(Cc2c(C)noc2C)c1. The Hall–Kier alpha value is -3.35. The minimum atomic E-state index is -0.240. The molecule has 2 heterocycles. The van der Waals surface area contributed by atoms with Crippen molar-refractivity contribution in [2.24, 2.45) is 0 Å². The fourth-order valence-electron chi connectivity index (χ4n) is 3.66. The first-order valence-electron chi connectivity index (χ1n) is 11.2. The molecule has 0 aliphatic rings. The highest BCUT2D eigenvalue weighted by atomic mass is 16.5. The number of carbonyl (C=O) groups excluding carboxylic acids is 1. The third kappa shape index (κ3) is 6.09. The number of aldehydes is 1. The zero-order valence-corrected chi connectivity index (χ0v) is 19.4. The topological polar surface area (TPSA) is 76.2 Å². The maximum absolute atomic E-state index is 11.8. The molecule has 32 heavy (non-hydrogen) atoms. The number of nitrogens with zero attached hydrogens (tertiary/aromatic N) is 4. The van der Waals surface area contributed by atoms with E-state index < -0.39 is 0 Å². The van der Waals surface area contributed by atoms with E-state index in [9.17, 15) is 4.79 Å². The number of hydrogen-bond donors (Lipinski definition) is 1. The number of aryl methyl sites for hydroxylation is 3. The van der Waals surface area contributed by atoms with E-state index in [2.05, 4.69) is 40.7 Å². The van der Waals surface area contributed by atoms with Crippen LogP contribution in [0.4, 0.5) is 5.69 Å². The summed E-state index contributed by atoms with van der Waals surface area (Å²) < 4.78 is 7.13. The van der Waals surface area contributed by atoms with Crippen molar-refractivity contribution in [2.75, 3.05) is 11.9 Å². The van der Waals surface area contributed by atoms with Gasteiger partial charge in [0.25, 0.3) is 0 Å². The predicted octanol–water partition coefficient (Wildman–Crippen LogP) is 4.40. The van der Waals surface area contributed by atoms with Crippen molar-refractivity contribution in [3.05, 3.63) is 77.2 Å². The summed E-state index contributed by atoms with van der Waals surface area (Å²) in [5.41, 5.74) is 4.16. The van der Waals surface area contributed by atoms with Crippen LogP contribution < -0.4 is 10.2 Å². The molecule has 7 heteroatoms. The molecule has 0 fully saturated rings. The lowest BCUT2D eigenvalue weighted by molar-refractivity contribution is -0.109. The van der Waals surface area contributed by atoms with Gasteiger partial charge in [-0.05, 0) is 51.2 Å². The summed E-state index contributed by atoms with van der Waals surface area (Å²) in [6.07, 6.45) is 10.5. The quantitative estimate of drug-likeness (QED) is 0.425. The van der Waals surface area contributed by atoms with E-state index in [1.807, 2.05) is 61.1 Å². The van der Waals surface area contributed by atoms with E-state index >= 15 is 0 Å². The van der Waals surface area contributed by atoms with Gasteiger partial charge in [0.2, 0.25) is 0 Å². The molecule has 0 radical (unpaired) electrons. The van der Waals surface area contributed by atoms with Crippen molar-refractivity contribution >= 4 is 12.0 Å². The van der Waals surface area contributed by atoms with Crippen LogP contribution in [0.5, 0.6) is 0 Å². The van der Waals surface area contributed by atoms with Crippen LogP contribution in [0.2, 0.25) is 0 Å². The van der Waals surface area contributed by atoms with Gasteiger partial charge in [-0.3, -0.25) is 4.68 Å². The highest BCUT2D eigenvalue weighted by molar-refractivity contribution is 5.59. The minimum absolute atomic E-state index is 0.240. The zero-order valence-electron chi connectivity index (χ0n) is 19.4. The van der Waals surface area contributed by atoms with Crippen molar-refractivity contribution < 1.29 is 9.32 Å². The summed E-state index contributed by atoms with van der Waals surface area (Å²) in [4.78, 5) is 13.8. The molecule has 0 saturated heterocycles. The summed E-state index contributed by atoms with van der Waals surface area (Å²) >= 11 is 0. The number of aromatic nitrogens is 3. The van der Waals surface area contributed by atoms with Gasteiger partial charge in [-0.15, -0.1) is 0 Å². The Kier molecular flexibility index (Phi) is 8.25. The Morgan fingerprint density at radius 3 is 2.72 bits per heavy atom. The van der Waals surface area contributed by atoms with Gasteiger partial charge in [0.1, 0.15) is 17.9 Å². The summed E-state index contributed by atoms with van der Waals surface area (Å²) in [6.45, 7) is 6.54. The number of allylic oxidation sites excluding steroid dienone is 1. The van der Waals surface area contributed by atoms with Crippen LogP contribution >= 0.6 is 0 Å². The van der Waals surface area contributed by atoms with E-state index in [-0.39, 0.29) is 6.04 Å². The van der Waals surface area contributed by atoms with Gasteiger partial charge in [0.05, 0.1) is 30.2 Å². The molecule has 0 aliphatic heterocycles. The van der Waals surface area contributed by atoms with Gasteiger partial charge in [-0.2, -0.15) is 5.10 Å². The molecule has 2 aromatic heterocycles. The standard InChI is InChI=1S/C25H33N5O2/c1-5-10-25(27-22(18-31)14-9-13-21-11-7-6-8-12-21)29(4)23-15-26-30(16-23)17-24-19(2)28-32-20(24)3/h6-8,10-12,15-16,18,22,27H,5,9,13-14,17H2,1-4H3/b25-10-. The highest BCUT2D eigenvalue weighted by Crippen LogP contribution is 2.19. The van der Waals surface area contributed by atoms with E-state index in [4.69, 9.17) is 4.52 Å². The lowest BCUT2D eigenvalue weighted by Crippen LogP contribution is -2.37. The first kappa shape index (κ1) is 23.3. The molecule has 1 aromatic carbocycles. The van der Waals surface area contributed by atoms with E-state index in [0.717, 1.165) is 60.5 Å². The second-order valence-corrected chi connectivity index (χ2v) is 8.02. The minimum Gasteiger partial charge on any atom is -0.362 e. The second kappa shape index (κ2) is 11.3. The molecule has 3 aromatic rings. The molecule has 1 atom stereocenters. The monoisotopic (exact) mass is 435 g/mol. The van der Waals surface area contributed by atoms with Crippen molar-refractivity contribution in [3.8, 4) is 0 Å². The van der Waals surface area contributed by atoms with Gasteiger partial charge in [0, 0.05) is 18.8 Å². The highest BCUT2D eigenvalue weighted by Gasteiger charge is 2.16. The number of nitrogens with one attached hydrogen (secondary N) is 1. The Morgan fingerprint density at radius 1 is 1.28 bits per heavy atom. The predicted molar refractivity (Wildman–Crippen MR) is 126 cm³/mol. The van der Waals surface area contributed by atoms with Crippen molar-refractivity contribution in [2.45, 2.75) is 59.0 Å². The Bertz CT molecular complexity index is 1000. The molecule has 3 rings (SSSR count). The molecular weight excluding hydrogens is 402 g/mol. The molecule has 1 N–H and O–H groups in total. The van der Waals surface area contributed by atoms with E-state index in [0.29, 0.717) is 6.54 Å². The summed E-state index contributed by atoms with van der Waals surface area (Å²) in [6, 6.07) is 10.1. The number of anilines is 1.